The second-order valence-corrected chi connectivity index (χ2v) is 8.23. The molecule has 0 aliphatic heterocycles. The summed E-state index contributed by atoms with van der Waals surface area (Å²) in [6.07, 6.45) is 6.14. The minimum atomic E-state index is 0.904. The number of aryl methyl sites for hydroxylation is 6. The van der Waals surface area contributed by atoms with E-state index in [0.29, 0.717) is 0 Å². The molecule has 2 rings (SSSR count). The minimum absolute atomic E-state index is 0.904. The molecule has 0 bridgehead atoms. The van der Waals surface area contributed by atoms with Crippen molar-refractivity contribution in [2.24, 2.45) is 0 Å². The van der Waals surface area contributed by atoms with E-state index in [4.69, 9.17) is 0 Å². The second-order valence-electron chi connectivity index (χ2n) is 8.23. The van der Waals surface area contributed by atoms with Crippen LogP contribution in [0.25, 0.3) is 11.1 Å². The zero-order valence-corrected chi connectivity index (χ0v) is 19.2. The van der Waals surface area contributed by atoms with Crippen LogP contribution in [-0.4, -0.2) is 0 Å². The molecular weight excluding hydrogens is 348 g/mol. The molecule has 0 fully saturated rings. The van der Waals surface area contributed by atoms with Gasteiger partial charge in [-0.1, -0.05) is 67.3 Å². The molecule has 0 saturated carbocycles. The molecular formula is C29H34. The van der Waals surface area contributed by atoms with Crippen LogP contribution in [0.1, 0.15) is 51.4 Å². The largest absolute Gasteiger partial charge is 0.0984 e. The van der Waals surface area contributed by atoms with E-state index in [1.165, 1.54) is 50.1 Å². The lowest BCUT2D eigenvalue weighted by Gasteiger charge is -2.14. The van der Waals surface area contributed by atoms with Crippen molar-refractivity contribution in [2.45, 2.75) is 48.5 Å². The molecule has 29 heavy (non-hydrogen) atoms. The Bertz CT molecular complexity index is 1010. The molecule has 0 atom stereocenters. The number of allylic oxidation sites excluding steroid dienone is 7. The first-order valence-corrected chi connectivity index (χ1v) is 10.1. The maximum absolute atomic E-state index is 4.28. The Balaban J connectivity index is 2.40. The van der Waals surface area contributed by atoms with E-state index < -0.39 is 0 Å². The van der Waals surface area contributed by atoms with E-state index in [9.17, 15) is 0 Å². The van der Waals surface area contributed by atoms with Crippen LogP contribution >= 0.6 is 0 Å². The van der Waals surface area contributed by atoms with E-state index >= 15 is 0 Å². The highest BCUT2D eigenvalue weighted by Crippen LogP contribution is 2.29. The van der Waals surface area contributed by atoms with Crippen LogP contribution in [0, 0.1) is 41.5 Å². The third-order valence-corrected chi connectivity index (χ3v) is 5.39. The third kappa shape index (κ3) is 5.15. The lowest BCUT2D eigenvalue weighted by atomic mass is 9.90. The Morgan fingerprint density at radius 2 is 1.03 bits per heavy atom. The highest BCUT2D eigenvalue weighted by atomic mass is 14.1. The van der Waals surface area contributed by atoms with Gasteiger partial charge >= 0.3 is 0 Å². The van der Waals surface area contributed by atoms with Gasteiger partial charge in [-0.25, -0.2) is 0 Å². The van der Waals surface area contributed by atoms with E-state index in [1.54, 1.807) is 0 Å². The van der Waals surface area contributed by atoms with Crippen LogP contribution in [-0.2, 0) is 0 Å². The summed E-state index contributed by atoms with van der Waals surface area (Å²) in [5.74, 6) is 0. The van der Waals surface area contributed by atoms with E-state index in [2.05, 4.69) is 105 Å². The fraction of sp³-hybridized carbons (Fsp3) is 0.241. The van der Waals surface area contributed by atoms with Crippen LogP contribution in [0.4, 0.5) is 0 Å². The smallest absolute Gasteiger partial charge is 0.0125 e. The topological polar surface area (TPSA) is 0 Å². The first-order chi connectivity index (χ1) is 13.5. The fourth-order valence-electron chi connectivity index (χ4n) is 4.38. The SMILES string of the molecule is C=CC(=CC(=C)C(=C)C=C(C)c1c(C)cc(C)cc1C)c1c(C)cc(C)cc1C. The summed E-state index contributed by atoms with van der Waals surface area (Å²) >= 11 is 0. The monoisotopic (exact) mass is 382 g/mol. The average Bonchev–Trinajstić information content (AvgIpc) is 2.58. The molecule has 0 spiro atoms. The van der Waals surface area contributed by atoms with E-state index in [1.807, 2.05) is 6.08 Å². The van der Waals surface area contributed by atoms with Crippen LogP contribution in [0.3, 0.4) is 0 Å². The van der Waals surface area contributed by atoms with Gasteiger partial charge in [0, 0.05) is 0 Å². The highest BCUT2D eigenvalue weighted by Gasteiger charge is 2.10. The van der Waals surface area contributed by atoms with Crippen molar-refractivity contribution in [1.29, 1.82) is 0 Å². The minimum Gasteiger partial charge on any atom is -0.0984 e. The summed E-state index contributed by atoms with van der Waals surface area (Å²) in [5, 5.41) is 0. The summed E-state index contributed by atoms with van der Waals surface area (Å²) in [4.78, 5) is 0. The zero-order chi connectivity index (χ0) is 21.9. The molecule has 0 N–H and O–H groups in total. The Hall–Kier alpha value is -2.86. The van der Waals surface area contributed by atoms with Crippen LogP contribution in [0.5, 0.6) is 0 Å². The Kier molecular flexibility index (Phi) is 7.03. The predicted molar refractivity (Wildman–Crippen MR) is 131 cm³/mol. The van der Waals surface area contributed by atoms with Crippen molar-refractivity contribution in [3.05, 3.63) is 118 Å². The molecule has 0 unspecified atom stereocenters. The molecule has 2 aromatic rings. The molecule has 0 heteroatoms. The molecule has 0 nitrogen and oxygen atoms in total. The van der Waals surface area contributed by atoms with Gasteiger partial charge in [-0.3, -0.25) is 0 Å². The Morgan fingerprint density at radius 1 is 0.655 bits per heavy atom. The van der Waals surface area contributed by atoms with Crippen molar-refractivity contribution < 1.29 is 0 Å². The third-order valence-electron chi connectivity index (χ3n) is 5.39. The molecule has 0 saturated heterocycles. The first kappa shape index (κ1) is 22.4. The van der Waals surface area contributed by atoms with Gasteiger partial charge in [-0.2, -0.15) is 0 Å². The van der Waals surface area contributed by atoms with Crippen molar-refractivity contribution >= 4 is 11.1 Å². The molecule has 2 aromatic carbocycles. The lowest BCUT2D eigenvalue weighted by Crippen LogP contribution is -1.95. The molecule has 0 aliphatic rings. The number of benzene rings is 2. The number of hydrogen-bond donors (Lipinski definition) is 0. The van der Waals surface area contributed by atoms with Crippen LogP contribution in [0.2, 0.25) is 0 Å². The summed E-state index contributed by atoms with van der Waals surface area (Å²) in [6, 6.07) is 8.89. The summed E-state index contributed by atoms with van der Waals surface area (Å²) in [7, 11) is 0. The van der Waals surface area contributed by atoms with Gasteiger partial charge in [0.1, 0.15) is 0 Å². The number of hydrogen-bond acceptors (Lipinski definition) is 0. The lowest BCUT2D eigenvalue weighted by molar-refractivity contribution is 1.28. The quantitative estimate of drug-likeness (QED) is 0.440. The van der Waals surface area contributed by atoms with E-state index in [-0.39, 0.29) is 0 Å². The molecule has 0 aliphatic carbocycles. The van der Waals surface area contributed by atoms with Gasteiger partial charge in [-0.15, -0.1) is 0 Å². The van der Waals surface area contributed by atoms with Gasteiger partial charge < -0.3 is 0 Å². The first-order valence-electron chi connectivity index (χ1n) is 10.1. The maximum atomic E-state index is 4.28. The highest BCUT2D eigenvalue weighted by molar-refractivity contribution is 5.81. The van der Waals surface area contributed by atoms with E-state index in [0.717, 1.165) is 16.7 Å². The van der Waals surface area contributed by atoms with Crippen LogP contribution in [0.15, 0.2) is 73.4 Å². The van der Waals surface area contributed by atoms with Gasteiger partial charge in [0.15, 0.2) is 0 Å². The molecule has 0 heterocycles. The van der Waals surface area contributed by atoms with Gasteiger partial charge in [0.2, 0.25) is 0 Å². The summed E-state index contributed by atoms with van der Waals surface area (Å²) in [5.41, 5.74) is 14.3. The fourth-order valence-corrected chi connectivity index (χ4v) is 4.38. The van der Waals surface area contributed by atoms with Crippen LogP contribution < -0.4 is 0 Å². The van der Waals surface area contributed by atoms with Gasteiger partial charge in [-0.05, 0) is 110 Å². The van der Waals surface area contributed by atoms with Gasteiger partial charge in [0.05, 0.1) is 0 Å². The molecule has 0 aromatic heterocycles. The summed E-state index contributed by atoms with van der Waals surface area (Å²) in [6.45, 7) is 27.7. The molecule has 0 radical (unpaired) electrons. The van der Waals surface area contributed by atoms with Crippen molar-refractivity contribution in [2.75, 3.05) is 0 Å². The Morgan fingerprint density at radius 3 is 1.45 bits per heavy atom. The zero-order valence-electron chi connectivity index (χ0n) is 19.2. The maximum Gasteiger partial charge on any atom is -0.0125 e. The standard InChI is InChI=1S/C29H34/c1-11-27(29-24(8)14-19(3)15-25(29)9)17-21(5)20(4)16-26(10)28-22(6)12-18(2)13-23(28)7/h11-17H,1,4-5H2,2-3,6-10H3. The second kappa shape index (κ2) is 9.09. The molecule has 0 amide bonds. The van der Waals surface area contributed by atoms with Crippen molar-refractivity contribution in [3.8, 4) is 0 Å². The average molecular weight is 383 g/mol. The van der Waals surface area contributed by atoms with Gasteiger partial charge in [0.25, 0.3) is 0 Å². The number of rotatable bonds is 6. The molecule has 150 valence electrons. The predicted octanol–water partition coefficient (Wildman–Crippen LogP) is 8.32. The normalized spacial score (nSPS) is 12.1. The van der Waals surface area contributed by atoms with Crippen molar-refractivity contribution in [1.82, 2.24) is 0 Å². The van der Waals surface area contributed by atoms with Crippen molar-refractivity contribution in [3.63, 3.8) is 0 Å². The summed E-state index contributed by atoms with van der Waals surface area (Å²) < 4.78 is 0. The Labute approximate surface area is 177 Å².